The Morgan fingerprint density at radius 3 is 2.70 bits per heavy atom. The maximum absolute atomic E-state index is 5.50. The van der Waals surface area contributed by atoms with Gasteiger partial charge in [0.1, 0.15) is 17.5 Å². The topological polar surface area (TPSA) is 102 Å². The van der Waals surface area contributed by atoms with Crippen LogP contribution in [0.1, 0.15) is 30.4 Å². The van der Waals surface area contributed by atoms with Gasteiger partial charge in [0.2, 0.25) is 0 Å². The van der Waals surface area contributed by atoms with Crippen LogP contribution in [0.15, 0.2) is 18.3 Å². The molecule has 0 radical (unpaired) electrons. The van der Waals surface area contributed by atoms with Crippen LogP contribution in [0.25, 0.3) is 0 Å². The molecule has 0 aromatic carbocycles. The number of aromatic nitrogens is 4. The summed E-state index contributed by atoms with van der Waals surface area (Å²) in [6.45, 7) is 4.57. The summed E-state index contributed by atoms with van der Waals surface area (Å²) in [7, 11) is 0. The van der Waals surface area contributed by atoms with Gasteiger partial charge in [-0.3, -0.25) is 0 Å². The molecule has 0 bridgehead atoms. The lowest BCUT2D eigenvalue weighted by atomic mass is 10.2. The first-order chi connectivity index (χ1) is 9.74. The van der Waals surface area contributed by atoms with E-state index in [9.17, 15) is 0 Å². The molecule has 0 atom stereocenters. The van der Waals surface area contributed by atoms with Crippen LogP contribution < -0.4 is 16.6 Å². The molecule has 2 heterocycles. The predicted molar refractivity (Wildman–Crippen MR) is 77.9 cm³/mol. The van der Waals surface area contributed by atoms with Gasteiger partial charge in [0, 0.05) is 18.2 Å². The van der Waals surface area contributed by atoms with Gasteiger partial charge in [-0.2, -0.15) is 10.2 Å². The average molecular weight is 273 g/mol. The Morgan fingerprint density at radius 1 is 1.25 bits per heavy atom. The quantitative estimate of drug-likeness (QED) is 0.540. The molecule has 0 amide bonds. The third-order valence-corrected chi connectivity index (χ3v) is 2.87. The molecule has 106 valence electrons. The summed E-state index contributed by atoms with van der Waals surface area (Å²) in [5.74, 6) is 7.68. The number of nitrogen functional groups attached to an aromatic ring is 1. The minimum absolute atomic E-state index is 0.557. The Morgan fingerprint density at radius 2 is 2.05 bits per heavy atom. The summed E-state index contributed by atoms with van der Waals surface area (Å²) in [4.78, 5) is 8.90. The van der Waals surface area contributed by atoms with Crippen LogP contribution in [0.3, 0.4) is 0 Å². The zero-order valence-electron chi connectivity index (χ0n) is 11.7. The molecule has 0 saturated heterocycles. The maximum Gasteiger partial charge on any atom is 0.148 e. The van der Waals surface area contributed by atoms with Crippen LogP contribution in [-0.4, -0.2) is 20.2 Å². The Kier molecular flexibility index (Phi) is 4.78. The monoisotopic (exact) mass is 273 g/mol. The van der Waals surface area contributed by atoms with E-state index >= 15 is 0 Å². The van der Waals surface area contributed by atoms with Crippen molar-refractivity contribution in [3.05, 3.63) is 35.4 Å². The highest BCUT2D eigenvalue weighted by Gasteiger charge is 2.10. The first-order valence-electron chi connectivity index (χ1n) is 6.59. The maximum atomic E-state index is 5.50. The molecule has 2 aromatic rings. The highest BCUT2D eigenvalue weighted by molar-refractivity contribution is 5.56. The fraction of sp³-hybridized carbons (Fsp3) is 0.385. The lowest BCUT2D eigenvalue weighted by molar-refractivity contribution is 0.828. The standard InChI is InChI=1S/C13H19N7/c1-3-5-11-17-12(9(2)13(18-11)19-14)15-8-10-6-4-7-16-20-10/h4,6-7H,3,5,8,14H2,1-2H3,(H2,15,17,18,19). The van der Waals surface area contributed by atoms with Crippen molar-refractivity contribution >= 4 is 11.6 Å². The Hall–Kier alpha value is -2.28. The number of hydrogen-bond acceptors (Lipinski definition) is 7. The van der Waals surface area contributed by atoms with Gasteiger partial charge < -0.3 is 10.7 Å². The van der Waals surface area contributed by atoms with Crippen molar-refractivity contribution in [1.82, 2.24) is 20.2 Å². The van der Waals surface area contributed by atoms with Gasteiger partial charge in [-0.15, -0.1) is 0 Å². The predicted octanol–water partition coefficient (Wildman–Crippen LogP) is 1.43. The second kappa shape index (κ2) is 6.76. The third kappa shape index (κ3) is 3.39. The highest BCUT2D eigenvalue weighted by atomic mass is 15.3. The fourth-order valence-electron chi connectivity index (χ4n) is 1.81. The first-order valence-corrected chi connectivity index (χ1v) is 6.59. The largest absolute Gasteiger partial charge is 0.364 e. The molecule has 0 aliphatic rings. The molecule has 7 heteroatoms. The van der Waals surface area contributed by atoms with E-state index < -0.39 is 0 Å². The fourth-order valence-corrected chi connectivity index (χ4v) is 1.81. The molecule has 20 heavy (non-hydrogen) atoms. The molecule has 0 spiro atoms. The Bertz CT molecular complexity index is 556. The van der Waals surface area contributed by atoms with E-state index in [-0.39, 0.29) is 0 Å². The zero-order valence-corrected chi connectivity index (χ0v) is 11.7. The van der Waals surface area contributed by atoms with Crippen LogP contribution in [0.2, 0.25) is 0 Å². The molecule has 0 aliphatic carbocycles. The average Bonchev–Trinajstić information content (AvgIpc) is 2.48. The van der Waals surface area contributed by atoms with E-state index in [0.29, 0.717) is 12.4 Å². The lowest BCUT2D eigenvalue weighted by Crippen LogP contribution is -2.15. The van der Waals surface area contributed by atoms with Crippen LogP contribution >= 0.6 is 0 Å². The van der Waals surface area contributed by atoms with Crippen LogP contribution in [-0.2, 0) is 13.0 Å². The smallest absolute Gasteiger partial charge is 0.148 e. The van der Waals surface area contributed by atoms with Gasteiger partial charge in [-0.1, -0.05) is 6.92 Å². The minimum atomic E-state index is 0.557. The second-order valence-corrected chi connectivity index (χ2v) is 4.42. The van der Waals surface area contributed by atoms with E-state index in [0.717, 1.165) is 35.7 Å². The van der Waals surface area contributed by atoms with Crippen molar-refractivity contribution in [2.75, 3.05) is 10.7 Å². The van der Waals surface area contributed by atoms with Crippen molar-refractivity contribution in [3.8, 4) is 0 Å². The SMILES string of the molecule is CCCc1nc(NN)c(C)c(NCc2cccnn2)n1. The number of hydrogen-bond donors (Lipinski definition) is 3. The van der Waals surface area contributed by atoms with Gasteiger partial charge in [-0.25, -0.2) is 15.8 Å². The van der Waals surface area contributed by atoms with Crippen molar-refractivity contribution in [2.45, 2.75) is 33.2 Å². The highest BCUT2D eigenvalue weighted by Crippen LogP contribution is 2.20. The molecule has 2 aromatic heterocycles. The Balaban J connectivity index is 2.19. The molecule has 7 nitrogen and oxygen atoms in total. The van der Waals surface area contributed by atoms with E-state index in [1.807, 2.05) is 19.1 Å². The van der Waals surface area contributed by atoms with Crippen LogP contribution in [0, 0.1) is 6.92 Å². The van der Waals surface area contributed by atoms with Crippen molar-refractivity contribution < 1.29 is 0 Å². The molecule has 4 N–H and O–H groups in total. The summed E-state index contributed by atoms with van der Waals surface area (Å²) in [6, 6.07) is 3.76. The van der Waals surface area contributed by atoms with Gasteiger partial charge in [0.15, 0.2) is 0 Å². The number of anilines is 2. The van der Waals surface area contributed by atoms with Crippen molar-refractivity contribution in [1.29, 1.82) is 0 Å². The lowest BCUT2D eigenvalue weighted by Gasteiger charge is -2.13. The number of rotatable bonds is 6. The van der Waals surface area contributed by atoms with E-state index in [2.05, 4.69) is 37.8 Å². The molecule has 0 unspecified atom stereocenters. The second-order valence-electron chi connectivity index (χ2n) is 4.42. The number of nitrogens with zero attached hydrogens (tertiary/aromatic N) is 4. The molecule has 2 rings (SSSR count). The number of nitrogens with one attached hydrogen (secondary N) is 2. The number of hydrazine groups is 1. The van der Waals surface area contributed by atoms with Gasteiger partial charge in [0.05, 0.1) is 12.2 Å². The first kappa shape index (κ1) is 14.1. The van der Waals surface area contributed by atoms with Gasteiger partial charge in [-0.05, 0) is 25.5 Å². The Labute approximate surface area is 118 Å². The molecule has 0 saturated carbocycles. The summed E-state index contributed by atoms with van der Waals surface area (Å²) in [6.07, 6.45) is 3.45. The minimum Gasteiger partial charge on any atom is -0.364 e. The van der Waals surface area contributed by atoms with Crippen molar-refractivity contribution in [2.24, 2.45) is 5.84 Å². The van der Waals surface area contributed by atoms with Crippen LogP contribution in [0.5, 0.6) is 0 Å². The molecular weight excluding hydrogens is 254 g/mol. The molecule has 0 aliphatic heterocycles. The van der Waals surface area contributed by atoms with Gasteiger partial charge >= 0.3 is 0 Å². The molecule has 0 fully saturated rings. The van der Waals surface area contributed by atoms with Crippen LogP contribution in [0.4, 0.5) is 11.6 Å². The normalized spacial score (nSPS) is 10.3. The van der Waals surface area contributed by atoms with Gasteiger partial charge in [0.25, 0.3) is 0 Å². The van der Waals surface area contributed by atoms with E-state index in [1.54, 1.807) is 6.20 Å². The summed E-state index contributed by atoms with van der Waals surface area (Å²) < 4.78 is 0. The number of nitrogens with two attached hydrogens (primary N) is 1. The summed E-state index contributed by atoms with van der Waals surface area (Å²) >= 11 is 0. The molecular formula is C13H19N7. The zero-order chi connectivity index (χ0) is 14.4. The van der Waals surface area contributed by atoms with E-state index in [4.69, 9.17) is 5.84 Å². The third-order valence-electron chi connectivity index (χ3n) is 2.87. The van der Waals surface area contributed by atoms with Crippen molar-refractivity contribution in [3.63, 3.8) is 0 Å². The summed E-state index contributed by atoms with van der Waals surface area (Å²) in [5.41, 5.74) is 4.35. The van der Waals surface area contributed by atoms with E-state index in [1.165, 1.54) is 0 Å². The number of aryl methyl sites for hydroxylation is 1. The summed E-state index contributed by atoms with van der Waals surface area (Å²) in [5, 5.41) is 11.1.